The zero-order chi connectivity index (χ0) is 25.5. The Kier molecular flexibility index (Phi) is 6.62. The molecule has 8 nitrogen and oxygen atoms in total. The number of halogens is 4. The monoisotopic (exact) mass is 525 g/mol. The maximum absolute atomic E-state index is 13.4. The van der Waals surface area contributed by atoms with E-state index in [4.69, 9.17) is 16.7 Å². The lowest BCUT2D eigenvalue weighted by atomic mass is 10.1. The van der Waals surface area contributed by atoms with E-state index in [1.165, 1.54) is 29.1 Å². The van der Waals surface area contributed by atoms with E-state index in [0.717, 1.165) is 6.07 Å². The average molecular weight is 526 g/mol. The van der Waals surface area contributed by atoms with Gasteiger partial charge in [-0.2, -0.15) is 18.3 Å². The van der Waals surface area contributed by atoms with Crippen LogP contribution >= 0.6 is 23.4 Å². The molecule has 13 heteroatoms. The van der Waals surface area contributed by atoms with Crippen LogP contribution in [-0.4, -0.2) is 54.7 Å². The SMILES string of the molecule is O=C(O)[C@@H](CO)N1C(=O)SC(=Cc2ccc3c(cnn3Cc3ccc(Cl)cc3C(F)(F)F)c2)C1=O. The Morgan fingerprint density at radius 1 is 1.20 bits per heavy atom. The fourth-order valence-corrected chi connectivity index (χ4v) is 4.65. The molecular formula is C22H15ClF3N3O5S. The molecule has 1 aliphatic rings. The third-order valence-corrected chi connectivity index (χ3v) is 6.37. The Morgan fingerprint density at radius 2 is 1.94 bits per heavy atom. The number of carboxylic acid groups (broad SMARTS) is 1. The summed E-state index contributed by atoms with van der Waals surface area (Å²) in [4.78, 5) is 36.4. The summed E-state index contributed by atoms with van der Waals surface area (Å²) in [6.45, 7) is -1.08. The number of aliphatic hydroxyl groups is 1. The molecule has 0 bridgehead atoms. The minimum Gasteiger partial charge on any atom is -0.480 e. The number of carbonyl (C=O) groups is 3. The lowest BCUT2D eigenvalue weighted by molar-refractivity contribution is -0.147. The second kappa shape index (κ2) is 9.36. The van der Waals surface area contributed by atoms with Crippen LogP contribution in [-0.2, 0) is 22.3 Å². The number of amides is 2. The molecule has 2 amide bonds. The van der Waals surface area contributed by atoms with Crippen LogP contribution in [0.5, 0.6) is 0 Å². The van der Waals surface area contributed by atoms with Crippen molar-refractivity contribution in [3.63, 3.8) is 0 Å². The average Bonchev–Trinajstić information content (AvgIpc) is 3.30. The molecular weight excluding hydrogens is 511 g/mol. The maximum atomic E-state index is 13.4. The number of aliphatic hydroxyl groups excluding tert-OH is 1. The first kappa shape index (κ1) is 24.8. The molecule has 182 valence electrons. The second-order valence-electron chi connectivity index (χ2n) is 7.51. The Balaban J connectivity index is 1.62. The van der Waals surface area contributed by atoms with E-state index in [1.54, 1.807) is 18.2 Å². The highest BCUT2D eigenvalue weighted by Crippen LogP contribution is 2.36. The summed E-state index contributed by atoms with van der Waals surface area (Å²) in [7, 11) is 0. The van der Waals surface area contributed by atoms with E-state index in [1.807, 2.05) is 0 Å². The molecule has 2 aromatic carbocycles. The number of imide groups is 1. The van der Waals surface area contributed by atoms with Crippen LogP contribution in [0.2, 0.25) is 5.02 Å². The van der Waals surface area contributed by atoms with Crippen molar-refractivity contribution in [2.45, 2.75) is 18.8 Å². The minimum atomic E-state index is -4.59. The largest absolute Gasteiger partial charge is 0.480 e. The zero-order valence-corrected chi connectivity index (χ0v) is 19.1. The summed E-state index contributed by atoms with van der Waals surface area (Å²) in [5.74, 6) is -2.36. The third-order valence-electron chi connectivity index (χ3n) is 5.25. The number of hydrogen-bond donors (Lipinski definition) is 2. The number of nitrogens with zero attached hydrogens (tertiary/aromatic N) is 3. The van der Waals surface area contributed by atoms with Gasteiger partial charge in [0.1, 0.15) is 0 Å². The second-order valence-corrected chi connectivity index (χ2v) is 8.94. The van der Waals surface area contributed by atoms with Crippen molar-refractivity contribution in [1.29, 1.82) is 0 Å². The summed E-state index contributed by atoms with van der Waals surface area (Å²) < 4.78 is 41.7. The first-order valence-electron chi connectivity index (χ1n) is 9.91. The Morgan fingerprint density at radius 3 is 2.60 bits per heavy atom. The van der Waals surface area contributed by atoms with E-state index in [0.29, 0.717) is 33.1 Å². The first-order valence-corrected chi connectivity index (χ1v) is 11.1. The molecule has 3 aromatic rings. The van der Waals surface area contributed by atoms with E-state index in [9.17, 15) is 32.7 Å². The van der Waals surface area contributed by atoms with E-state index in [2.05, 4.69) is 5.10 Å². The van der Waals surface area contributed by atoms with Gasteiger partial charge in [0.2, 0.25) is 0 Å². The van der Waals surface area contributed by atoms with Crippen molar-refractivity contribution >= 4 is 57.5 Å². The molecule has 0 saturated carbocycles. The van der Waals surface area contributed by atoms with Gasteiger partial charge < -0.3 is 10.2 Å². The molecule has 2 N–H and O–H groups in total. The minimum absolute atomic E-state index is 0.0125. The lowest BCUT2D eigenvalue weighted by Gasteiger charge is -2.18. The number of hydrogen-bond acceptors (Lipinski definition) is 6. The molecule has 4 rings (SSSR count). The van der Waals surface area contributed by atoms with Gasteiger partial charge in [0, 0.05) is 10.4 Å². The number of alkyl halides is 3. The molecule has 0 aliphatic carbocycles. The summed E-state index contributed by atoms with van der Waals surface area (Å²) in [6, 6.07) is 6.65. The summed E-state index contributed by atoms with van der Waals surface area (Å²) in [5, 5.41) is 22.3. The molecule has 1 fully saturated rings. The molecule has 0 unspecified atom stereocenters. The number of aromatic nitrogens is 2. The molecule has 0 spiro atoms. The van der Waals surface area contributed by atoms with E-state index in [-0.39, 0.29) is 22.0 Å². The Labute approximate surface area is 204 Å². The van der Waals surface area contributed by atoms with Gasteiger partial charge in [0.15, 0.2) is 6.04 Å². The lowest BCUT2D eigenvalue weighted by Crippen LogP contribution is -2.46. The number of aliphatic carboxylic acids is 1. The van der Waals surface area contributed by atoms with Crippen LogP contribution in [0.1, 0.15) is 16.7 Å². The summed E-state index contributed by atoms with van der Waals surface area (Å²) in [5.41, 5.74) is 0.149. The normalized spacial score (nSPS) is 16.5. The number of carboxylic acids is 1. The quantitative estimate of drug-likeness (QED) is 0.463. The third kappa shape index (κ3) is 4.90. The first-order chi connectivity index (χ1) is 16.5. The highest BCUT2D eigenvalue weighted by atomic mass is 35.5. The maximum Gasteiger partial charge on any atom is 0.416 e. The number of rotatable bonds is 6. The zero-order valence-electron chi connectivity index (χ0n) is 17.5. The van der Waals surface area contributed by atoms with Crippen molar-refractivity contribution in [3.8, 4) is 0 Å². The molecule has 35 heavy (non-hydrogen) atoms. The molecule has 1 aliphatic heterocycles. The highest BCUT2D eigenvalue weighted by molar-refractivity contribution is 8.18. The highest BCUT2D eigenvalue weighted by Gasteiger charge is 2.42. The van der Waals surface area contributed by atoms with Crippen LogP contribution < -0.4 is 0 Å². The van der Waals surface area contributed by atoms with E-state index >= 15 is 0 Å². The molecule has 0 radical (unpaired) electrons. The predicted molar refractivity (Wildman–Crippen MR) is 122 cm³/mol. The topological polar surface area (TPSA) is 113 Å². The van der Waals surface area contributed by atoms with Crippen LogP contribution in [0, 0.1) is 0 Å². The van der Waals surface area contributed by atoms with Gasteiger partial charge in [0.05, 0.1) is 35.3 Å². The van der Waals surface area contributed by atoms with Crippen molar-refractivity contribution in [1.82, 2.24) is 14.7 Å². The summed E-state index contributed by atoms with van der Waals surface area (Å²) in [6.07, 6.45) is -1.75. The van der Waals surface area contributed by atoms with Gasteiger partial charge in [0.25, 0.3) is 11.1 Å². The van der Waals surface area contributed by atoms with E-state index < -0.39 is 41.5 Å². The van der Waals surface area contributed by atoms with Crippen LogP contribution in [0.3, 0.4) is 0 Å². The standard InChI is InChI=1S/C22H15ClF3N3O5S/c23-14-3-2-12(15(7-14)22(24,25)26)9-28-16-4-1-11(5-13(16)8-27-28)6-18-19(31)29(21(34)35-18)17(10-30)20(32)33/h1-8,17,30H,9-10H2,(H,32,33)/t17-/m1/s1. The van der Waals surface area contributed by atoms with Gasteiger partial charge >= 0.3 is 12.1 Å². The van der Waals surface area contributed by atoms with Gasteiger partial charge in [-0.3, -0.25) is 19.2 Å². The van der Waals surface area contributed by atoms with Gasteiger partial charge in [-0.25, -0.2) is 4.79 Å². The van der Waals surface area contributed by atoms with Crippen LogP contribution in [0.25, 0.3) is 17.0 Å². The van der Waals surface area contributed by atoms with Gasteiger partial charge in [-0.15, -0.1) is 0 Å². The van der Waals surface area contributed by atoms with Crippen LogP contribution in [0.15, 0.2) is 47.5 Å². The number of thioether (sulfide) groups is 1. The fourth-order valence-electron chi connectivity index (χ4n) is 3.60. The van der Waals surface area contributed by atoms with Crippen molar-refractivity contribution in [3.05, 3.63) is 69.2 Å². The van der Waals surface area contributed by atoms with Crippen molar-refractivity contribution in [2.24, 2.45) is 0 Å². The van der Waals surface area contributed by atoms with Gasteiger partial charge in [-0.1, -0.05) is 23.7 Å². The number of carbonyl (C=O) groups excluding carboxylic acids is 2. The molecule has 1 atom stereocenters. The van der Waals surface area contributed by atoms with Gasteiger partial charge in [-0.05, 0) is 53.2 Å². The molecule has 1 aromatic heterocycles. The van der Waals surface area contributed by atoms with Crippen molar-refractivity contribution < 1.29 is 37.8 Å². The summed E-state index contributed by atoms with van der Waals surface area (Å²) >= 11 is 6.28. The number of benzene rings is 2. The smallest absolute Gasteiger partial charge is 0.416 e. The Bertz CT molecular complexity index is 1390. The molecule has 2 heterocycles. The van der Waals surface area contributed by atoms with Crippen molar-refractivity contribution in [2.75, 3.05) is 6.61 Å². The number of fused-ring (bicyclic) bond motifs is 1. The Hall–Kier alpha value is -3.35. The van der Waals surface area contributed by atoms with Crippen LogP contribution in [0.4, 0.5) is 18.0 Å². The predicted octanol–water partition coefficient (Wildman–Crippen LogP) is 4.24. The fraction of sp³-hybridized carbons (Fsp3) is 0.182. The molecule has 1 saturated heterocycles.